The molecule has 0 amide bonds. The van der Waals surface area contributed by atoms with E-state index >= 15 is 0 Å². The van der Waals surface area contributed by atoms with Crippen molar-refractivity contribution in [1.82, 2.24) is 0 Å². The topological polar surface area (TPSA) is 21.6 Å². The molecule has 188 valence electrons. The maximum Gasteiger partial charge on any atom is 0.416 e. The predicted octanol–water partition coefficient (Wildman–Crippen LogP) is 9.40. The fourth-order valence-electron chi connectivity index (χ4n) is 3.82. The van der Waals surface area contributed by atoms with Crippen molar-refractivity contribution in [2.45, 2.75) is 96.8 Å². The summed E-state index contributed by atoms with van der Waals surface area (Å²) in [6, 6.07) is 12.6. The van der Waals surface area contributed by atoms with E-state index in [4.69, 9.17) is 4.74 Å². The van der Waals surface area contributed by atoms with Crippen LogP contribution in [0, 0.1) is 0 Å². The van der Waals surface area contributed by atoms with E-state index < -0.39 is 11.7 Å². The predicted molar refractivity (Wildman–Crippen MR) is 136 cm³/mol. The van der Waals surface area contributed by atoms with Gasteiger partial charge in [-0.05, 0) is 53.9 Å². The number of alkyl halides is 3. The van der Waals surface area contributed by atoms with Crippen molar-refractivity contribution in [2.75, 3.05) is 6.54 Å². The number of ether oxygens (including phenoxy) is 1. The lowest BCUT2D eigenvalue weighted by atomic mass is 10.1. The summed E-state index contributed by atoms with van der Waals surface area (Å²) in [4.78, 5) is 4.52. The van der Waals surface area contributed by atoms with Gasteiger partial charge in [0.05, 0.1) is 5.56 Å². The van der Waals surface area contributed by atoms with Crippen molar-refractivity contribution >= 4 is 6.21 Å². The zero-order chi connectivity index (χ0) is 24.5. The van der Waals surface area contributed by atoms with Gasteiger partial charge in [-0.2, -0.15) is 13.2 Å². The molecule has 0 N–H and O–H groups in total. The van der Waals surface area contributed by atoms with Crippen LogP contribution < -0.4 is 4.74 Å². The fraction of sp³-hybridized carbons (Fsp3) is 0.552. The molecule has 0 aromatic heterocycles. The van der Waals surface area contributed by atoms with Crippen LogP contribution in [0.1, 0.15) is 101 Å². The highest BCUT2D eigenvalue weighted by atomic mass is 19.4. The minimum absolute atomic E-state index is 0.227. The molecule has 2 rings (SSSR count). The highest BCUT2D eigenvalue weighted by Crippen LogP contribution is 2.29. The Morgan fingerprint density at radius 2 is 1.24 bits per heavy atom. The smallest absolute Gasteiger partial charge is 0.416 e. The van der Waals surface area contributed by atoms with Crippen LogP contribution in [0.2, 0.25) is 0 Å². The average molecular weight is 476 g/mol. The summed E-state index contributed by atoms with van der Waals surface area (Å²) in [6.07, 6.45) is 13.6. The largest absolute Gasteiger partial charge is 0.489 e. The summed E-state index contributed by atoms with van der Waals surface area (Å²) in [5.74, 6) is 0.679. The highest BCUT2D eigenvalue weighted by molar-refractivity contribution is 5.79. The molecule has 2 aromatic rings. The number of hydrogen-bond donors (Lipinski definition) is 0. The van der Waals surface area contributed by atoms with Crippen LogP contribution in [-0.2, 0) is 12.8 Å². The van der Waals surface area contributed by atoms with Gasteiger partial charge in [-0.15, -0.1) is 0 Å². The minimum Gasteiger partial charge on any atom is -0.489 e. The van der Waals surface area contributed by atoms with Gasteiger partial charge in [-0.25, -0.2) is 0 Å². The van der Waals surface area contributed by atoms with Crippen molar-refractivity contribution in [3.8, 4) is 5.75 Å². The van der Waals surface area contributed by atoms with Gasteiger partial charge < -0.3 is 4.74 Å². The third-order valence-corrected chi connectivity index (χ3v) is 5.95. The molecule has 0 heterocycles. The molecule has 0 atom stereocenters. The maximum atomic E-state index is 12.6. The Hall–Kier alpha value is -2.30. The van der Waals surface area contributed by atoms with Crippen molar-refractivity contribution in [3.05, 3.63) is 65.2 Å². The molecule has 5 heteroatoms. The van der Waals surface area contributed by atoms with E-state index in [0.717, 1.165) is 30.7 Å². The SMILES string of the molecule is CCCCCCCCCCCCCC/N=C/c1ccc(OCc2ccc(C(F)(F)F)cc2)cc1. The number of hydrogen-bond acceptors (Lipinski definition) is 2. The Labute approximate surface area is 203 Å². The second kappa shape index (κ2) is 16.3. The van der Waals surface area contributed by atoms with Crippen LogP contribution in [0.5, 0.6) is 5.75 Å². The lowest BCUT2D eigenvalue weighted by molar-refractivity contribution is -0.137. The standard InChI is InChI=1S/C29H40F3NO/c1-2-3-4-5-6-7-8-9-10-11-12-13-22-33-23-25-16-20-28(21-17-25)34-24-26-14-18-27(19-15-26)29(30,31)32/h14-21,23H,2-13,22,24H2,1H3/b33-23+. The number of halogens is 3. The molecule has 0 saturated heterocycles. The average Bonchev–Trinajstić information content (AvgIpc) is 2.83. The van der Waals surface area contributed by atoms with E-state index in [1.165, 1.54) is 82.8 Å². The van der Waals surface area contributed by atoms with E-state index in [-0.39, 0.29) is 6.61 Å². The van der Waals surface area contributed by atoms with Crippen molar-refractivity contribution < 1.29 is 17.9 Å². The Morgan fingerprint density at radius 1 is 0.706 bits per heavy atom. The van der Waals surface area contributed by atoms with Gasteiger partial charge in [0.25, 0.3) is 0 Å². The molecule has 0 aliphatic carbocycles. The van der Waals surface area contributed by atoms with Gasteiger partial charge >= 0.3 is 6.18 Å². The van der Waals surface area contributed by atoms with Crippen LogP contribution >= 0.6 is 0 Å². The lowest BCUT2D eigenvalue weighted by Gasteiger charge is -2.09. The molecular weight excluding hydrogens is 435 g/mol. The molecule has 2 nitrogen and oxygen atoms in total. The first-order chi connectivity index (χ1) is 16.5. The molecular formula is C29H40F3NO. The number of aliphatic imine (C=N–C) groups is 1. The van der Waals surface area contributed by atoms with E-state index in [2.05, 4.69) is 11.9 Å². The van der Waals surface area contributed by atoms with Crippen molar-refractivity contribution in [2.24, 2.45) is 4.99 Å². The summed E-state index contributed by atoms with van der Waals surface area (Å²) >= 11 is 0. The van der Waals surface area contributed by atoms with Crippen molar-refractivity contribution in [1.29, 1.82) is 0 Å². The molecule has 34 heavy (non-hydrogen) atoms. The molecule has 0 spiro atoms. The Balaban J connectivity index is 1.52. The number of rotatable bonds is 17. The van der Waals surface area contributed by atoms with E-state index in [1.54, 1.807) is 0 Å². The first-order valence-electron chi connectivity index (χ1n) is 12.9. The first kappa shape index (κ1) is 27.9. The Kier molecular flexibility index (Phi) is 13.4. The van der Waals surface area contributed by atoms with Crippen LogP contribution in [0.15, 0.2) is 53.5 Å². The van der Waals surface area contributed by atoms with Crippen LogP contribution in [-0.4, -0.2) is 12.8 Å². The number of nitrogens with zero attached hydrogens (tertiary/aromatic N) is 1. The van der Waals surface area contributed by atoms with Gasteiger partial charge in [-0.3, -0.25) is 4.99 Å². The summed E-state index contributed by atoms with van der Waals surface area (Å²) in [7, 11) is 0. The highest BCUT2D eigenvalue weighted by Gasteiger charge is 2.29. The maximum absolute atomic E-state index is 12.6. The molecule has 0 aliphatic heterocycles. The first-order valence-corrected chi connectivity index (χ1v) is 12.9. The fourth-order valence-corrected chi connectivity index (χ4v) is 3.82. The molecule has 0 bridgehead atoms. The van der Waals surface area contributed by atoms with Crippen LogP contribution in [0.3, 0.4) is 0 Å². The van der Waals surface area contributed by atoms with Crippen molar-refractivity contribution in [3.63, 3.8) is 0 Å². The molecule has 0 fully saturated rings. The normalized spacial score (nSPS) is 11.9. The van der Waals surface area contributed by atoms with Gasteiger partial charge in [0.2, 0.25) is 0 Å². The molecule has 0 saturated carbocycles. The van der Waals surface area contributed by atoms with Crippen LogP contribution in [0.25, 0.3) is 0 Å². The van der Waals surface area contributed by atoms with Gasteiger partial charge in [0.15, 0.2) is 0 Å². The van der Waals surface area contributed by atoms with Gasteiger partial charge in [0, 0.05) is 12.8 Å². The Morgan fingerprint density at radius 3 is 1.76 bits per heavy atom. The van der Waals surface area contributed by atoms with E-state index in [1.807, 2.05) is 30.5 Å². The summed E-state index contributed by atoms with van der Waals surface area (Å²) in [5, 5.41) is 0. The summed E-state index contributed by atoms with van der Waals surface area (Å²) in [6.45, 7) is 3.34. The van der Waals surface area contributed by atoms with Gasteiger partial charge in [-0.1, -0.05) is 89.7 Å². The monoisotopic (exact) mass is 475 g/mol. The third-order valence-electron chi connectivity index (χ3n) is 5.95. The van der Waals surface area contributed by atoms with E-state index in [0.29, 0.717) is 11.3 Å². The minimum atomic E-state index is -4.32. The van der Waals surface area contributed by atoms with Crippen LogP contribution in [0.4, 0.5) is 13.2 Å². The molecule has 0 radical (unpaired) electrons. The molecule has 0 unspecified atom stereocenters. The quantitative estimate of drug-likeness (QED) is 0.165. The number of unbranched alkanes of at least 4 members (excludes halogenated alkanes) is 11. The molecule has 0 aliphatic rings. The lowest BCUT2D eigenvalue weighted by Crippen LogP contribution is -2.05. The molecule has 2 aromatic carbocycles. The van der Waals surface area contributed by atoms with E-state index in [9.17, 15) is 13.2 Å². The third kappa shape index (κ3) is 12.2. The zero-order valence-electron chi connectivity index (χ0n) is 20.6. The number of benzene rings is 2. The Bertz CT molecular complexity index is 798. The zero-order valence-corrected chi connectivity index (χ0v) is 20.6. The summed E-state index contributed by atoms with van der Waals surface area (Å²) in [5.41, 5.74) is 1.06. The second-order valence-corrected chi connectivity index (χ2v) is 8.98. The van der Waals surface area contributed by atoms with Gasteiger partial charge in [0.1, 0.15) is 12.4 Å². The second-order valence-electron chi connectivity index (χ2n) is 8.98. The summed E-state index contributed by atoms with van der Waals surface area (Å²) < 4.78 is 43.5.